The summed E-state index contributed by atoms with van der Waals surface area (Å²) in [5.41, 5.74) is 0.283. The van der Waals surface area contributed by atoms with Crippen molar-refractivity contribution < 1.29 is 23.2 Å². The van der Waals surface area contributed by atoms with Gasteiger partial charge in [-0.1, -0.05) is 12.1 Å². The largest absolute Gasteiger partial charge is 0.796 e. The number of allylic oxidation sites excluding steroid dienone is 1. The summed E-state index contributed by atoms with van der Waals surface area (Å²) in [7, 11) is -1.76. The number of benzene rings is 2. The Morgan fingerprint density at radius 2 is 1.88 bits per heavy atom. The number of aromatic nitrogens is 1. The average molecular weight is 440 g/mol. The number of carbonyl (C=O) groups is 1. The second-order valence-electron chi connectivity index (χ2n) is 7.08. The summed E-state index contributed by atoms with van der Waals surface area (Å²) >= 11 is 0. The number of ketones is 1. The van der Waals surface area contributed by atoms with E-state index in [1.165, 1.54) is 23.8 Å². The molecule has 0 saturated carbocycles. The molecule has 0 aliphatic heterocycles. The first kappa shape index (κ1) is 23.1. The van der Waals surface area contributed by atoms with Crippen molar-refractivity contribution >= 4 is 35.9 Å². The SMILES string of the molecule is CCN(CC)c1ccc(/C=C/C(=O)c2c(OB(F)F)c3ccccc3n(C)c2=O)c(O)c1. The number of phenolic OH excluding ortho intramolecular Hbond substituents is 1. The minimum atomic E-state index is -3.21. The van der Waals surface area contributed by atoms with Crippen LogP contribution >= 0.6 is 0 Å². The molecule has 0 amide bonds. The lowest BCUT2D eigenvalue weighted by Crippen LogP contribution is -2.26. The first-order valence-corrected chi connectivity index (χ1v) is 10.1. The highest BCUT2D eigenvalue weighted by atomic mass is 19.2. The van der Waals surface area contributed by atoms with Gasteiger partial charge in [0.05, 0.1) is 5.52 Å². The van der Waals surface area contributed by atoms with E-state index in [1.54, 1.807) is 36.4 Å². The van der Waals surface area contributed by atoms with Crippen LogP contribution in [-0.2, 0) is 7.05 Å². The van der Waals surface area contributed by atoms with Gasteiger partial charge < -0.3 is 19.2 Å². The Balaban J connectivity index is 2.04. The normalized spacial score (nSPS) is 11.2. The first-order valence-electron chi connectivity index (χ1n) is 10.1. The molecule has 2 aromatic carbocycles. The Hall–Kier alpha value is -3.62. The summed E-state index contributed by atoms with van der Waals surface area (Å²) in [6.45, 7) is 5.52. The zero-order valence-electron chi connectivity index (χ0n) is 18.0. The Bertz CT molecular complexity index is 1240. The molecular weight excluding hydrogens is 417 g/mol. The molecule has 3 aromatic rings. The van der Waals surface area contributed by atoms with Crippen LogP contribution in [0.15, 0.2) is 53.3 Å². The molecule has 0 aliphatic rings. The lowest BCUT2D eigenvalue weighted by molar-refractivity contribution is 0.104. The number of phenols is 1. The summed E-state index contributed by atoms with van der Waals surface area (Å²) in [5, 5.41) is 10.6. The quantitative estimate of drug-likeness (QED) is 0.322. The van der Waals surface area contributed by atoms with Crippen LogP contribution in [0, 0.1) is 0 Å². The highest BCUT2D eigenvalue weighted by Gasteiger charge is 2.27. The van der Waals surface area contributed by atoms with E-state index in [-0.39, 0.29) is 11.1 Å². The number of anilines is 1. The number of hydrogen-bond acceptors (Lipinski definition) is 5. The number of pyridine rings is 1. The number of hydrogen-bond donors (Lipinski definition) is 1. The second-order valence-corrected chi connectivity index (χ2v) is 7.08. The smallest absolute Gasteiger partial charge is 0.507 e. The fourth-order valence-corrected chi connectivity index (χ4v) is 3.60. The highest BCUT2D eigenvalue weighted by molar-refractivity contribution is 6.36. The van der Waals surface area contributed by atoms with Crippen molar-refractivity contribution in [3.05, 3.63) is 70.0 Å². The zero-order valence-corrected chi connectivity index (χ0v) is 18.0. The maximum atomic E-state index is 13.1. The first-order chi connectivity index (χ1) is 15.3. The molecule has 0 bridgehead atoms. The number of carbonyl (C=O) groups excluding carboxylic acids is 1. The van der Waals surface area contributed by atoms with E-state index in [0.29, 0.717) is 11.1 Å². The standard InChI is InChI=1S/C23H23BF2N2O4/c1-4-28(5-2)16-12-10-15(20(30)14-16)11-13-19(29)21-22(32-24(25)26)17-8-6-7-9-18(17)27(3)23(21)31/h6-14,30H,4-5H2,1-3H3/b13-11+. The van der Waals surface area contributed by atoms with Gasteiger partial charge in [-0.25, -0.2) is 8.63 Å². The molecule has 0 saturated heterocycles. The molecule has 32 heavy (non-hydrogen) atoms. The van der Waals surface area contributed by atoms with Crippen LogP contribution in [0.3, 0.4) is 0 Å². The average Bonchev–Trinajstić information content (AvgIpc) is 2.77. The van der Waals surface area contributed by atoms with Crippen LogP contribution in [0.5, 0.6) is 11.5 Å². The monoisotopic (exact) mass is 440 g/mol. The van der Waals surface area contributed by atoms with Crippen molar-refractivity contribution in [2.45, 2.75) is 13.8 Å². The highest BCUT2D eigenvalue weighted by Crippen LogP contribution is 2.30. The predicted molar refractivity (Wildman–Crippen MR) is 123 cm³/mol. The number of para-hydroxylation sites is 1. The Morgan fingerprint density at radius 1 is 1.19 bits per heavy atom. The van der Waals surface area contributed by atoms with E-state index in [2.05, 4.69) is 4.65 Å². The maximum absolute atomic E-state index is 13.1. The molecule has 0 radical (unpaired) electrons. The molecule has 0 spiro atoms. The summed E-state index contributed by atoms with van der Waals surface area (Å²) in [4.78, 5) is 27.8. The molecule has 6 nitrogen and oxygen atoms in total. The molecule has 0 fully saturated rings. The second kappa shape index (κ2) is 9.68. The lowest BCUT2D eigenvalue weighted by Gasteiger charge is -2.21. The molecule has 0 unspecified atom stereocenters. The minimum Gasteiger partial charge on any atom is -0.507 e. The van der Waals surface area contributed by atoms with Crippen molar-refractivity contribution in [1.82, 2.24) is 4.57 Å². The molecule has 0 aliphatic carbocycles. The Morgan fingerprint density at radius 3 is 2.50 bits per heavy atom. The van der Waals surface area contributed by atoms with Gasteiger partial charge in [-0.2, -0.15) is 0 Å². The van der Waals surface area contributed by atoms with Crippen molar-refractivity contribution in [1.29, 1.82) is 0 Å². The van der Waals surface area contributed by atoms with Gasteiger partial charge in [0, 0.05) is 42.8 Å². The van der Waals surface area contributed by atoms with Crippen molar-refractivity contribution in [2.24, 2.45) is 7.05 Å². The predicted octanol–water partition coefficient (Wildman–Crippen LogP) is 4.29. The molecule has 3 rings (SSSR count). The van der Waals surface area contributed by atoms with Crippen LogP contribution in [0.2, 0.25) is 0 Å². The third-order valence-electron chi connectivity index (χ3n) is 5.27. The Labute approximate surface area is 184 Å². The van der Waals surface area contributed by atoms with Gasteiger partial charge in [-0.05, 0) is 50.3 Å². The van der Waals surface area contributed by atoms with E-state index in [4.69, 9.17) is 0 Å². The third kappa shape index (κ3) is 4.51. The maximum Gasteiger partial charge on any atom is 0.796 e. The summed E-state index contributed by atoms with van der Waals surface area (Å²) in [6.07, 6.45) is 2.40. The minimum absolute atomic E-state index is 0.0473. The van der Waals surface area contributed by atoms with Crippen LogP contribution in [0.4, 0.5) is 14.3 Å². The van der Waals surface area contributed by atoms with Gasteiger partial charge in [0.2, 0.25) is 0 Å². The van der Waals surface area contributed by atoms with Gasteiger partial charge in [0.25, 0.3) is 5.56 Å². The molecule has 1 heterocycles. The van der Waals surface area contributed by atoms with E-state index in [9.17, 15) is 23.3 Å². The van der Waals surface area contributed by atoms with Gasteiger partial charge in [0.15, 0.2) is 5.78 Å². The van der Waals surface area contributed by atoms with Crippen molar-refractivity contribution in [3.63, 3.8) is 0 Å². The molecule has 1 aromatic heterocycles. The number of aryl methyl sites for hydroxylation is 1. The lowest BCUT2D eigenvalue weighted by atomic mass is 10.0. The van der Waals surface area contributed by atoms with Crippen molar-refractivity contribution in [3.8, 4) is 11.5 Å². The molecular formula is C23H23BF2N2O4. The molecule has 9 heteroatoms. The number of nitrogens with zero attached hydrogens (tertiary/aromatic N) is 2. The van der Waals surface area contributed by atoms with Crippen LogP contribution in [0.1, 0.15) is 29.8 Å². The number of rotatable bonds is 8. The topological polar surface area (TPSA) is 71.8 Å². The number of aromatic hydroxyl groups is 1. The van der Waals surface area contributed by atoms with Gasteiger partial charge in [0.1, 0.15) is 17.1 Å². The van der Waals surface area contributed by atoms with E-state index in [0.717, 1.165) is 24.9 Å². The summed E-state index contributed by atoms with van der Waals surface area (Å²) in [6, 6.07) is 11.4. The molecule has 166 valence electrons. The fraction of sp³-hybridized carbons (Fsp3) is 0.217. The van der Waals surface area contributed by atoms with Crippen LogP contribution in [0.25, 0.3) is 17.0 Å². The molecule has 0 atom stereocenters. The number of halogens is 2. The van der Waals surface area contributed by atoms with Gasteiger partial charge in [-0.3, -0.25) is 9.59 Å². The van der Waals surface area contributed by atoms with Crippen LogP contribution in [-0.4, -0.2) is 36.0 Å². The van der Waals surface area contributed by atoms with Crippen LogP contribution < -0.4 is 15.1 Å². The summed E-state index contributed by atoms with van der Waals surface area (Å²) < 4.78 is 32.0. The van der Waals surface area contributed by atoms with E-state index in [1.807, 2.05) is 18.7 Å². The summed E-state index contributed by atoms with van der Waals surface area (Å²) in [5.74, 6) is -1.32. The van der Waals surface area contributed by atoms with Crippen molar-refractivity contribution in [2.75, 3.05) is 18.0 Å². The van der Waals surface area contributed by atoms with E-state index >= 15 is 0 Å². The number of fused-ring (bicyclic) bond motifs is 1. The molecule has 1 N–H and O–H groups in total. The van der Waals surface area contributed by atoms with E-state index < -0.39 is 30.1 Å². The zero-order chi connectivity index (χ0) is 23.4. The fourth-order valence-electron chi connectivity index (χ4n) is 3.60. The van der Waals surface area contributed by atoms with Gasteiger partial charge in [-0.15, -0.1) is 0 Å². The third-order valence-corrected chi connectivity index (χ3v) is 5.27. The van der Waals surface area contributed by atoms with Gasteiger partial charge >= 0.3 is 7.47 Å². The Kier molecular flexibility index (Phi) is 6.97.